The Morgan fingerprint density at radius 2 is 1.74 bits per heavy atom. The number of hydrogen-bond acceptors (Lipinski definition) is 3. The molecule has 0 saturated heterocycles. The average Bonchev–Trinajstić information content (AvgIpc) is 2.42. The van der Waals surface area contributed by atoms with Crippen molar-refractivity contribution in [1.29, 1.82) is 0 Å². The maximum absolute atomic E-state index is 13.0. The number of nitrogens with one attached hydrogen (secondary N) is 2. The molecular formula is C18H29FN2O2. The molecule has 0 fully saturated rings. The summed E-state index contributed by atoms with van der Waals surface area (Å²) >= 11 is 0. The molecular weight excluding hydrogens is 295 g/mol. The van der Waals surface area contributed by atoms with Gasteiger partial charge in [0, 0.05) is 18.6 Å². The fourth-order valence-corrected chi connectivity index (χ4v) is 1.95. The Bertz CT molecular complexity index is 509. The Kier molecular flexibility index (Phi) is 6.57. The van der Waals surface area contributed by atoms with Crippen LogP contribution in [-0.4, -0.2) is 23.8 Å². The number of ether oxygens (including phenoxy) is 1. The molecule has 1 unspecified atom stereocenters. The number of rotatable bonds is 6. The van der Waals surface area contributed by atoms with Crippen molar-refractivity contribution in [3.05, 3.63) is 35.6 Å². The minimum atomic E-state index is -0.514. The highest BCUT2D eigenvalue weighted by atomic mass is 19.1. The maximum Gasteiger partial charge on any atom is 0.407 e. The van der Waals surface area contributed by atoms with Crippen molar-refractivity contribution in [2.75, 3.05) is 6.54 Å². The molecule has 1 rings (SSSR count). The second-order valence-corrected chi connectivity index (χ2v) is 7.41. The summed E-state index contributed by atoms with van der Waals surface area (Å²) in [5.74, 6) is 0.0462. The summed E-state index contributed by atoms with van der Waals surface area (Å²) in [5.41, 5.74) is 0.182. The number of hydrogen-bond donors (Lipinski definition) is 2. The minimum Gasteiger partial charge on any atom is -0.444 e. The van der Waals surface area contributed by atoms with Crippen LogP contribution in [0.3, 0.4) is 0 Å². The third-order valence-corrected chi connectivity index (χ3v) is 3.88. The highest BCUT2D eigenvalue weighted by molar-refractivity contribution is 5.67. The summed E-state index contributed by atoms with van der Waals surface area (Å²) in [7, 11) is 0. The van der Waals surface area contributed by atoms with Crippen molar-refractivity contribution < 1.29 is 13.9 Å². The molecule has 0 bridgehead atoms. The van der Waals surface area contributed by atoms with E-state index in [0.717, 1.165) is 5.56 Å². The van der Waals surface area contributed by atoms with Crippen LogP contribution >= 0.6 is 0 Å². The first-order valence-electron chi connectivity index (χ1n) is 7.98. The zero-order valence-electron chi connectivity index (χ0n) is 15.0. The quantitative estimate of drug-likeness (QED) is 0.835. The molecule has 5 heteroatoms. The molecule has 0 aromatic heterocycles. The van der Waals surface area contributed by atoms with Crippen LogP contribution in [-0.2, 0) is 11.3 Å². The lowest BCUT2D eigenvalue weighted by atomic mass is 9.88. The van der Waals surface area contributed by atoms with Crippen LogP contribution in [0.25, 0.3) is 0 Å². The third kappa shape index (κ3) is 6.99. The molecule has 0 aliphatic rings. The van der Waals surface area contributed by atoms with Gasteiger partial charge in [0.2, 0.25) is 0 Å². The lowest BCUT2D eigenvalue weighted by molar-refractivity contribution is 0.0503. The Labute approximate surface area is 138 Å². The molecule has 0 aliphatic carbocycles. The summed E-state index contributed by atoms with van der Waals surface area (Å²) in [6.45, 7) is 12.8. The van der Waals surface area contributed by atoms with Gasteiger partial charge in [0.25, 0.3) is 0 Å². The van der Waals surface area contributed by atoms with E-state index in [2.05, 4.69) is 31.4 Å². The van der Waals surface area contributed by atoms with Crippen molar-refractivity contribution in [1.82, 2.24) is 10.6 Å². The third-order valence-electron chi connectivity index (χ3n) is 3.88. The van der Waals surface area contributed by atoms with E-state index >= 15 is 0 Å². The summed E-state index contributed by atoms with van der Waals surface area (Å²) < 4.78 is 18.2. The molecule has 23 heavy (non-hydrogen) atoms. The zero-order chi connectivity index (χ0) is 17.7. The first-order valence-corrected chi connectivity index (χ1v) is 7.98. The second-order valence-electron chi connectivity index (χ2n) is 7.41. The number of alkyl carbamates (subject to hydrolysis) is 1. The van der Waals surface area contributed by atoms with Crippen molar-refractivity contribution in [3.8, 4) is 0 Å². The van der Waals surface area contributed by atoms with Gasteiger partial charge < -0.3 is 15.4 Å². The van der Waals surface area contributed by atoms with Gasteiger partial charge in [0.1, 0.15) is 11.4 Å². The molecule has 0 heterocycles. The topological polar surface area (TPSA) is 50.4 Å². The highest BCUT2D eigenvalue weighted by Gasteiger charge is 2.29. The van der Waals surface area contributed by atoms with Crippen LogP contribution in [0.1, 0.15) is 47.1 Å². The number of benzene rings is 1. The Balaban J connectivity index is 2.60. The predicted molar refractivity (Wildman–Crippen MR) is 90.7 cm³/mol. The van der Waals surface area contributed by atoms with Gasteiger partial charge in [-0.15, -0.1) is 0 Å². The molecule has 1 atom stereocenters. The monoisotopic (exact) mass is 324 g/mol. The van der Waals surface area contributed by atoms with E-state index in [-0.39, 0.29) is 17.3 Å². The summed E-state index contributed by atoms with van der Waals surface area (Å²) in [6.07, 6.45) is -0.423. The van der Waals surface area contributed by atoms with Crippen molar-refractivity contribution >= 4 is 6.09 Å². The number of halogens is 1. The lowest BCUT2D eigenvalue weighted by Gasteiger charge is -2.35. The zero-order valence-corrected chi connectivity index (χ0v) is 15.0. The smallest absolute Gasteiger partial charge is 0.407 e. The van der Waals surface area contributed by atoms with Gasteiger partial charge in [-0.1, -0.05) is 26.0 Å². The van der Waals surface area contributed by atoms with Gasteiger partial charge in [-0.25, -0.2) is 9.18 Å². The van der Waals surface area contributed by atoms with E-state index in [4.69, 9.17) is 4.74 Å². The minimum absolute atomic E-state index is 0.244. The van der Waals surface area contributed by atoms with Gasteiger partial charge in [-0.05, 0) is 51.3 Å². The summed E-state index contributed by atoms with van der Waals surface area (Å²) in [5, 5.41) is 6.28. The molecule has 1 aromatic carbocycles. The number of carbonyl (C=O) groups is 1. The Morgan fingerprint density at radius 1 is 1.17 bits per heavy atom. The van der Waals surface area contributed by atoms with Crippen LogP contribution in [0.4, 0.5) is 9.18 Å². The van der Waals surface area contributed by atoms with Gasteiger partial charge in [-0.2, -0.15) is 0 Å². The normalized spacial score (nSPS) is 14.4. The maximum atomic E-state index is 13.0. The van der Waals surface area contributed by atoms with Crippen LogP contribution in [0, 0.1) is 11.7 Å². The largest absolute Gasteiger partial charge is 0.444 e. The summed E-state index contributed by atoms with van der Waals surface area (Å²) in [6, 6.07) is 6.40. The Morgan fingerprint density at radius 3 is 2.22 bits per heavy atom. The van der Waals surface area contributed by atoms with Crippen LogP contribution < -0.4 is 10.6 Å². The standard InChI is InChI=1S/C18H29FN2O2/c1-13(2)18(6,12-20-16(22)23-17(3,4)5)21-11-14-7-9-15(19)10-8-14/h7-10,13,21H,11-12H2,1-6H3,(H,20,22). The SMILES string of the molecule is CC(C)C(C)(CNC(=O)OC(C)(C)C)NCc1ccc(F)cc1. The molecule has 4 nitrogen and oxygen atoms in total. The fraction of sp³-hybridized carbons (Fsp3) is 0.611. The predicted octanol–water partition coefficient (Wildman–Crippen LogP) is 3.85. The van der Waals surface area contributed by atoms with Gasteiger partial charge in [-0.3, -0.25) is 0 Å². The van der Waals surface area contributed by atoms with E-state index in [1.54, 1.807) is 12.1 Å². The van der Waals surface area contributed by atoms with E-state index < -0.39 is 11.7 Å². The van der Waals surface area contributed by atoms with Crippen LogP contribution in [0.5, 0.6) is 0 Å². The molecule has 0 spiro atoms. The van der Waals surface area contributed by atoms with E-state index in [0.29, 0.717) is 13.1 Å². The first-order chi connectivity index (χ1) is 10.5. The molecule has 0 radical (unpaired) electrons. The molecule has 0 aliphatic heterocycles. The Hall–Kier alpha value is -1.62. The van der Waals surface area contributed by atoms with Gasteiger partial charge in [0.15, 0.2) is 0 Å². The van der Waals surface area contributed by atoms with E-state index in [9.17, 15) is 9.18 Å². The van der Waals surface area contributed by atoms with Crippen LogP contribution in [0.2, 0.25) is 0 Å². The summed E-state index contributed by atoms with van der Waals surface area (Å²) in [4.78, 5) is 11.8. The lowest BCUT2D eigenvalue weighted by Crippen LogP contribution is -2.55. The van der Waals surface area contributed by atoms with Crippen molar-refractivity contribution in [3.63, 3.8) is 0 Å². The van der Waals surface area contributed by atoms with E-state index in [1.165, 1.54) is 12.1 Å². The number of carbonyl (C=O) groups excluding carboxylic acids is 1. The molecule has 130 valence electrons. The molecule has 1 aromatic rings. The second kappa shape index (κ2) is 7.77. The first kappa shape index (κ1) is 19.4. The van der Waals surface area contributed by atoms with E-state index in [1.807, 2.05) is 20.8 Å². The van der Waals surface area contributed by atoms with Crippen molar-refractivity contribution in [2.45, 2.75) is 59.2 Å². The number of amides is 1. The molecule has 1 amide bonds. The highest BCUT2D eigenvalue weighted by Crippen LogP contribution is 2.17. The molecule has 0 saturated carbocycles. The molecule has 2 N–H and O–H groups in total. The van der Waals surface area contributed by atoms with Gasteiger partial charge in [0.05, 0.1) is 0 Å². The van der Waals surface area contributed by atoms with Gasteiger partial charge >= 0.3 is 6.09 Å². The van der Waals surface area contributed by atoms with Crippen LogP contribution in [0.15, 0.2) is 24.3 Å². The van der Waals surface area contributed by atoms with Crippen molar-refractivity contribution in [2.24, 2.45) is 5.92 Å². The average molecular weight is 324 g/mol. The fourth-order valence-electron chi connectivity index (χ4n) is 1.95.